The van der Waals surface area contributed by atoms with Crippen molar-refractivity contribution in [3.8, 4) is 0 Å². The molecule has 0 saturated carbocycles. The van der Waals surface area contributed by atoms with Gasteiger partial charge in [0.2, 0.25) is 0 Å². The van der Waals surface area contributed by atoms with Gasteiger partial charge in [-0.1, -0.05) is 0 Å². The number of halogens is 2. The van der Waals surface area contributed by atoms with Gasteiger partial charge >= 0.3 is 10.4 Å². The van der Waals surface area contributed by atoms with Crippen molar-refractivity contribution in [1.29, 1.82) is 0 Å². The Hall–Kier alpha value is 0.780. The summed E-state index contributed by atoms with van der Waals surface area (Å²) in [6.07, 6.45) is 0. The minimum absolute atomic E-state index is 2.26. The highest BCUT2D eigenvalue weighted by Gasteiger charge is 1.87. The minimum atomic E-state index is -4.67. The van der Waals surface area contributed by atoms with Gasteiger partial charge in [-0.2, -0.15) is 8.42 Å². The maximum Gasteiger partial charge on any atom is 0.394 e. The molecule has 0 spiro atoms. The van der Waals surface area contributed by atoms with Gasteiger partial charge in [-0.15, -0.1) is 0 Å². The zero-order valence-electron chi connectivity index (χ0n) is 4.10. The average molecular weight is 322 g/mol. The fourth-order valence-electron chi connectivity index (χ4n) is 0. The molecule has 64 valence electrons. The zero-order chi connectivity index (χ0) is 9.00. The van der Waals surface area contributed by atoms with Gasteiger partial charge in [-0.05, 0) is 0 Å². The standard InChI is InChI=1S/Br2O2S.H2O4S/c2*1-5(2,3)4/h;(H2,1,2,3,4). The first-order chi connectivity index (χ1) is 4.00. The van der Waals surface area contributed by atoms with Crippen LogP contribution < -0.4 is 0 Å². The molecule has 2 N–H and O–H groups in total. The monoisotopic (exact) mass is 320 g/mol. The van der Waals surface area contributed by atoms with Crippen molar-refractivity contribution >= 4 is 46.7 Å². The van der Waals surface area contributed by atoms with Crippen molar-refractivity contribution in [3.63, 3.8) is 0 Å². The van der Waals surface area contributed by atoms with Crippen LogP contribution in [0.5, 0.6) is 0 Å². The molecule has 0 amide bonds. The molecule has 0 aromatic heterocycles. The molecule has 0 aromatic rings. The lowest BCUT2D eigenvalue weighted by Gasteiger charge is -1.68. The topological polar surface area (TPSA) is 109 Å². The molecule has 10 heteroatoms. The van der Waals surface area contributed by atoms with Crippen molar-refractivity contribution in [2.24, 2.45) is 0 Å². The first kappa shape index (κ1) is 13.4. The molecule has 0 rings (SSSR count). The van der Waals surface area contributed by atoms with Gasteiger partial charge in [0.25, 0.3) is 6.70 Å². The molecule has 0 radical (unpaired) electrons. The molecular formula is H2Br2O6S2. The summed E-state index contributed by atoms with van der Waals surface area (Å²) in [6, 6.07) is 0. The average Bonchev–Trinajstić information content (AvgIpc) is 1.12. The summed E-state index contributed by atoms with van der Waals surface area (Å²) in [6.45, 7) is -3.04. The molecule has 0 atom stereocenters. The highest BCUT2D eigenvalue weighted by atomic mass is 79.9. The summed E-state index contributed by atoms with van der Waals surface area (Å²) >= 11 is 4.53. The first-order valence-corrected chi connectivity index (χ1v) is 7.91. The lowest BCUT2D eigenvalue weighted by molar-refractivity contribution is 0.381. The van der Waals surface area contributed by atoms with Gasteiger partial charge in [0.1, 0.15) is 0 Å². The van der Waals surface area contributed by atoms with E-state index in [-0.39, 0.29) is 0 Å². The molecule has 10 heavy (non-hydrogen) atoms. The highest BCUT2D eigenvalue weighted by Crippen LogP contribution is 2.06. The van der Waals surface area contributed by atoms with Crippen LogP contribution >= 0.6 is 29.6 Å². The second-order valence-electron chi connectivity index (χ2n) is 0.826. The van der Waals surface area contributed by atoms with Crippen molar-refractivity contribution in [2.45, 2.75) is 0 Å². The fraction of sp³-hybridized carbons (Fsp3) is 0. The molecule has 0 heterocycles. The predicted octanol–water partition coefficient (Wildman–Crippen LogP) is 0.368. The van der Waals surface area contributed by atoms with Gasteiger partial charge in [-0.3, -0.25) is 9.11 Å². The third-order valence-corrected chi connectivity index (χ3v) is 0. The number of hydrogen-bond donors (Lipinski definition) is 2. The quantitative estimate of drug-likeness (QED) is 0.493. The van der Waals surface area contributed by atoms with E-state index >= 15 is 0 Å². The summed E-state index contributed by atoms with van der Waals surface area (Å²) in [4.78, 5) is 0. The Bertz CT molecular complexity index is 210. The lowest BCUT2D eigenvalue weighted by Crippen LogP contribution is -1.89. The normalized spacial score (nSPS) is 11.6. The Labute approximate surface area is 72.5 Å². The molecule has 0 fully saturated rings. The van der Waals surface area contributed by atoms with E-state index in [2.05, 4.69) is 29.6 Å². The molecule has 0 aromatic carbocycles. The second-order valence-corrected chi connectivity index (χ2v) is 10.2. The predicted molar refractivity (Wildman–Crippen MR) is 41.0 cm³/mol. The van der Waals surface area contributed by atoms with Crippen LogP contribution in [0.2, 0.25) is 0 Å². The Morgan fingerprint density at radius 2 is 0.900 bits per heavy atom. The lowest BCUT2D eigenvalue weighted by atomic mass is 15.8. The van der Waals surface area contributed by atoms with Gasteiger partial charge in [0.05, 0.1) is 29.6 Å². The van der Waals surface area contributed by atoms with Crippen molar-refractivity contribution in [1.82, 2.24) is 0 Å². The van der Waals surface area contributed by atoms with Crippen molar-refractivity contribution in [3.05, 3.63) is 0 Å². The van der Waals surface area contributed by atoms with Crippen LogP contribution in [0.1, 0.15) is 0 Å². The maximum absolute atomic E-state index is 9.47. The molecule has 0 aliphatic heterocycles. The van der Waals surface area contributed by atoms with Crippen LogP contribution in [-0.4, -0.2) is 25.9 Å². The summed E-state index contributed by atoms with van der Waals surface area (Å²) < 4.78 is 50.5. The van der Waals surface area contributed by atoms with E-state index in [0.29, 0.717) is 0 Å². The summed E-state index contributed by atoms with van der Waals surface area (Å²) in [5.74, 6) is 0. The maximum atomic E-state index is 9.47. The Morgan fingerprint density at radius 3 is 0.900 bits per heavy atom. The van der Waals surface area contributed by atoms with Crippen molar-refractivity contribution < 1.29 is 25.9 Å². The Balaban J connectivity index is 0. The smallest absolute Gasteiger partial charge is 0.264 e. The minimum Gasteiger partial charge on any atom is -0.264 e. The highest BCUT2D eigenvalue weighted by molar-refractivity contribution is 9.79. The van der Waals surface area contributed by atoms with Gasteiger partial charge in [-0.25, -0.2) is 8.42 Å². The number of rotatable bonds is 0. The van der Waals surface area contributed by atoms with Crippen LogP contribution in [0.4, 0.5) is 0 Å². The van der Waals surface area contributed by atoms with Crippen LogP contribution in [0.25, 0.3) is 0 Å². The van der Waals surface area contributed by atoms with E-state index in [1.165, 1.54) is 0 Å². The summed E-state index contributed by atoms with van der Waals surface area (Å²) in [7, 11) is -4.67. The SMILES string of the molecule is O=S(=O)(Br)Br.O=S(=O)(O)O. The Kier molecular flexibility index (Phi) is 6.17. The van der Waals surface area contributed by atoms with E-state index in [0.717, 1.165) is 0 Å². The van der Waals surface area contributed by atoms with E-state index in [9.17, 15) is 8.42 Å². The van der Waals surface area contributed by atoms with E-state index in [1.54, 1.807) is 0 Å². The summed E-state index contributed by atoms with van der Waals surface area (Å²) in [5.41, 5.74) is 0. The molecular weight excluding hydrogens is 320 g/mol. The van der Waals surface area contributed by atoms with Crippen LogP contribution in [0, 0.1) is 0 Å². The first-order valence-electron chi connectivity index (χ1n) is 1.34. The fourth-order valence-corrected chi connectivity index (χ4v) is 0. The second kappa shape index (κ2) is 4.62. The molecule has 0 saturated heterocycles. The largest absolute Gasteiger partial charge is 0.394 e. The molecule has 0 unspecified atom stereocenters. The van der Waals surface area contributed by atoms with Gasteiger partial charge in [0.15, 0.2) is 0 Å². The number of hydrogen-bond acceptors (Lipinski definition) is 4. The van der Waals surface area contributed by atoms with Gasteiger partial charge in [0, 0.05) is 0 Å². The van der Waals surface area contributed by atoms with Crippen LogP contribution in [0.15, 0.2) is 0 Å². The zero-order valence-corrected chi connectivity index (χ0v) is 8.90. The van der Waals surface area contributed by atoms with Crippen molar-refractivity contribution in [2.75, 3.05) is 0 Å². The van der Waals surface area contributed by atoms with Gasteiger partial charge < -0.3 is 0 Å². The molecule has 0 aliphatic rings. The Morgan fingerprint density at radius 1 is 0.900 bits per heavy atom. The van der Waals surface area contributed by atoms with Crippen LogP contribution in [-0.2, 0) is 17.1 Å². The molecule has 0 bridgehead atoms. The molecule has 0 aliphatic carbocycles. The third-order valence-electron chi connectivity index (χ3n) is 0. The van der Waals surface area contributed by atoms with Crippen LogP contribution in [0.3, 0.4) is 0 Å². The summed E-state index contributed by atoms with van der Waals surface area (Å²) in [5, 5.41) is 0. The van der Waals surface area contributed by atoms with E-state index < -0.39 is 17.1 Å². The van der Waals surface area contributed by atoms with E-state index in [4.69, 9.17) is 17.5 Å². The molecule has 6 nitrogen and oxygen atoms in total. The van der Waals surface area contributed by atoms with E-state index in [1.807, 2.05) is 0 Å². The third kappa shape index (κ3) is 874.